The molecule has 1 aliphatic rings. The van der Waals surface area contributed by atoms with Crippen LogP contribution in [-0.4, -0.2) is 36.3 Å². The molecule has 0 saturated carbocycles. The highest BCUT2D eigenvalue weighted by Gasteiger charge is 2.43. The van der Waals surface area contributed by atoms with Gasteiger partial charge in [-0.25, -0.2) is 8.78 Å². The first kappa shape index (κ1) is 30.4. The number of carbonyl (C=O) groups excluding carboxylic acids is 3. The van der Waals surface area contributed by atoms with Gasteiger partial charge in [0.15, 0.2) is 11.6 Å². The van der Waals surface area contributed by atoms with E-state index in [4.69, 9.17) is 4.74 Å². The van der Waals surface area contributed by atoms with Crippen molar-refractivity contribution >= 4 is 23.3 Å². The molecule has 0 bridgehead atoms. The number of halogens is 5. The summed E-state index contributed by atoms with van der Waals surface area (Å²) < 4.78 is 76.9. The molecule has 3 amide bonds. The van der Waals surface area contributed by atoms with Crippen LogP contribution in [0.5, 0.6) is 5.75 Å². The molecule has 0 aromatic heterocycles. The van der Waals surface area contributed by atoms with Crippen molar-refractivity contribution in [2.45, 2.75) is 32.5 Å². The first-order chi connectivity index (χ1) is 19.8. The van der Waals surface area contributed by atoms with E-state index in [1.165, 1.54) is 39.2 Å². The maximum absolute atomic E-state index is 15.5. The summed E-state index contributed by atoms with van der Waals surface area (Å²) in [5, 5.41) is 2.68. The van der Waals surface area contributed by atoms with Crippen LogP contribution >= 0.6 is 0 Å². The van der Waals surface area contributed by atoms with Crippen molar-refractivity contribution in [1.29, 1.82) is 0 Å². The van der Waals surface area contributed by atoms with Crippen molar-refractivity contribution < 1.29 is 41.1 Å². The van der Waals surface area contributed by atoms with Crippen LogP contribution in [0.3, 0.4) is 0 Å². The van der Waals surface area contributed by atoms with Gasteiger partial charge in [-0.15, -0.1) is 0 Å². The first-order valence-electron chi connectivity index (χ1n) is 12.9. The Morgan fingerprint density at radius 1 is 1.00 bits per heavy atom. The normalized spacial score (nSPS) is 16.5. The number of benzene rings is 3. The van der Waals surface area contributed by atoms with Crippen LogP contribution in [-0.2, 0) is 27.0 Å². The van der Waals surface area contributed by atoms with Gasteiger partial charge in [-0.3, -0.25) is 19.3 Å². The molecular weight excluding hydrogens is 559 g/mol. The molecular formula is C31H27F5N2O4. The summed E-state index contributed by atoms with van der Waals surface area (Å²) >= 11 is 0. The number of rotatable bonds is 8. The van der Waals surface area contributed by atoms with Crippen LogP contribution in [0.4, 0.5) is 22.0 Å². The van der Waals surface area contributed by atoms with Crippen LogP contribution in [0.1, 0.15) is 42.1 Å². The Morgan fingerprint density at radius 3 is 2.29 bits per heavy atom. The zero-order chi connectivity index (χ0) is 30.8. The van der Waals surface area contributed by atoms with E-state index in [0.717, 1.165) is 17.0 Å². The van der Waals surface area contributed by atoms with E-state index in [1.54, 1.807) is 30.3 Å². The number of methoxy groups -OCH3 is 1. The number of imide groups is 1. The fourth-order valence-corrected chi connectivity index (χ4v) is 5.14. The highest BCUT2D eigenvalue weighted by molar-refractivity contribution is 6.27. The Balaban J connectivity index is 1.89. The quantitative estimate of drug-likeness (QED) is 0.265. The molecule has 42 heavy (non-hydrogen) atoms. The van der Waals surface area contributed by atoms with Crippen molar-refractivity contribution in [3.05, 3.63) is 106 Å². The number of nitrogens with zero attached hydrogens (tertiary/aromatic N) is 1. The zero-order valence-corrected chi connectivity index (χ0v) is 22.9. The van der Waals surface area contributed by atoms with Gasteiger partial charge in [0.05, 0.1) is 36.8 Å². The molecule has 2 atom stereocenters. The van der Waals surface area contributed by atoms with Crippen molar-refractivity contribution in [2.75, 3.05) is 13.7 Å². The Labute approximate surface area is 238 Å². The van der Waals surface area contributed by atoms with Gasteiger partial charge in [-0.2, -0.15) is 13.2 Å². The van der Waals surface area contributed by atoms with Crippen LogP contribution < -0.4 is 10.1 Å². The molecule has 0 radical (unpaired) electrons. The molecule has 0 saturated heterocycles. The molecule has 0 fully saturated rings. The van der Waals surface area contributed by atoms with Crippen molar-refractivity contribution in [3.8, 4) is 5.75 Å². The Hall–Kier alpha value is -4.54. The lowest BCUT2D eigenvalue weighted by Crippen LogP contribution is -2.50. The topological polar surface area (TPSA) is 75.7 Å². The maximum Gasteiger partial charge on any atom is 0.416 e. The molecule has 1 N–H and O–H groups in total. The highest BCUT2D eigenvalue weighted by atomic mass is 19.4. The van der Waals surface area contributed by atoms with Gasteiger partial charge in [-0.1, -0.05) is 48.5 Å². The molecule has 220 valence electrons. The van der Waals surface area contributed by atoms with Crippen molar-refractivity contribution in [1.82, 2.24) is 10.2 Å². The van der Waals surface area contributed by atoms with Gasteiger partial charge in [0.25, 0.3) is 5.91 Å². The van der Waals surface area contributed by atoms with E-state index in [9.17, 15) is 31.9 Å². The number of hydrogen-bond donors (Lipinski definition) is 1. The van der Waals surface area contributed by atoms with E-state index >= 15 is 4.39 Å². The number of ether oxygens (including phenoxy) is 1. The van der Waals surface area contributed by atoms with E-state index in [1.807, 2.05) is 0 Å². The Kier molecular flexibility index (Phi) is 8.79. The smallest absolute Gasteiger partial charge is 0.416 e. The number of nitrogens with one attached hydrogen (secondary N) is 1. The summed E-state index contributed by atoms with van der Waals surface area (Å²) in [6.07, 6.45) is -5.67. The molecule has 1 heterocycles. The standard InChI is InChI=1S/C31H27F5N2O4/c1-17-21(15-22-23(31(34,35)36)12-8-13-24(22)32)29(40)38(16-25(37-18(2)39)19-9-5-4-6-10-19)30(41)27(17)20-11-7-14-26(42-3)28(20)33/h4-14,21,25H,15-16H2,1-3H3,(H,37,39)/t21?,25-/m0/s1. The Morgan fingerprint density at radius 2 is 1.67 bits per heavy atom. The lowest BCUT2D eigenvalue weighted by atomic mass is 9.81. The van der Waals surface area contributed by atoms with Gasteiger partial charge >= 0.3 is 6.18 Å². The molecule has 0 aliphatic carbocycles. The largest absolute Gasteiger partial charge is 0.494 e. The number of alkyl halides is 3. The average Bonchev–Trinajstić information content (AvgIpc) is 2.94. The molecule has 1 aliphatic heterocycles. The van der Waals surface area contributed by atoms with Gasteiger partial charge in [0, 0.05) is 18.1 Å². The minimum absolute atomic E-state index is 0.0273. The SMILES string of the molecule is COc1cccc(C2=C(C)C(Cc3c(F)cccc3C(F)(F)F)C(=O)N(C[C@H](NC(C)=O)c3ccccc3)C2=O)c1F. The van der Waals surface area contributed by atoms with Gasteiger partial charge in [-0.05, 0) is 42.7 Å². The molecule has 11 heteroatoms. The highest BCUT2D eigenvalue weighted by Crippen LogP contribution is 2.40. The molecule has 4 rings (SSSR count). The third-order valence-electron chi connectivity index (χ3n) is 7.17. The molecule has 6 nitrogen and oxygen atoms in total. The fourth-order valence-electron chi connectivity index (χ4n) is 5.14. The predicted molar refractivity (Wildman–Crippen MR) is 144 cm³/mol. The van der Waals surface area contributed by atoms with Crippen LogP contribution in [0.25, 0.3) is 5.57 Å². The van der Waals surface area contributed by atoms with Crippen LogP contribution in [0.2, 0.25) is 0 Å². The summed E-state index contributed by atoms with van der Waals surface area (Å²) in [7, 11) is 1.22. The van der Waals surface area contributed by atoms with E-state index in [2.05, 4.69) is 5.32 Å². The maximum atomic E-state index is 15.5. The second-order valence-electron chi connectivity index (χ2n) is 9.82. The van der Waals surface area contributed by atoms with Crippen molar-refractivity contribution in [2.24, 2.45) is 5.92 Å². The monoisotopic (exact) mass is 586 g/mol. The summed E-state index contributed by atoms with van der Waals surface area (Å²) in [5.74, 6) is -6.06. The van der Waals surface area contributed by atoms with Gasteiger partial charge in [0.1, 0.15) is 5.82 Å². The molecule has 1 unspecified atom stereocenters. The van der Waals surface area contributed by atoms with Gasteiger partial charge in [0.2, 0.25) is 11.8 Å². The number of carbonyl (C=O) groups is 3. The van der Waals surface area contributed by atoms with Gasteiger partial charge < -0.3 is 10.1 Å². The third kappa shape index (κ3) is 6.05. The lowest BCUT2D eigenvalue weighted by Gasteiger charge is -2.36. The summed E-state index contributed by atoms with van der Waals surface area (Å²) in [5.41, 5.74) is -2.01. The summed E-state index contributed by atoms with van der Waals surface area (Å²) in [4.78, 5) is 40.6. The van der Waals surface area contributed by atoms with Crippen LogP contribution in [0, 0.1) is 17.6 Å². The first-order valence-corrected chi connectivity index (χ1v) is 12.9. The second-order valence-corrected chi connectivity index (χ2v) is 9.82. The minimum Gasteiger partial charge on any atom is -0.494 e. The molecule has 3 aromatic rings. The van der Waals surface area contributed by atoms with E-state index < -0.39 is 71.6 Å². The fraction of sp³-hybridized carbons (Fsp3) is 0.258. The third-order valence-corrected chi connectivity index (χ3v) is 7.17. The number of amides is 3. The Bertz CT molecular complexity index is 1550. The van der Waals surface area contributed by atoms with E-state index in [-0.39, 0.29) is 22.5 Å². The lowest BCUT2D eigenvalue weighted by molar-refractivity contribution is -0.146. The molecule has 3 aromatic carbocycles. The average molecular weight is 587 g/mol. The van der Waals surface area contributed by atoms with E-state index in [0.29, 0.717) is 11.6 Å². The van der Waals surface area contributed by atoms with Crippen LogP contribution in [0.15, 0.2) is 72.3 Å². The predicted octanol–water partition coefficient (Wildman–Crippen LogP) is 5.87. The second kappa shape index (κ2) is 12.1. The zero-order valence-electron chi connectivity index (χ0n) is 22.9. The minimum atomic E-state index is -4.92. The summed E-state index contributed by atoms with van der Waals surface area (Å²) in [6, 6.07) is 14.0. The summed E-state index contributed by atoms with van der Waals surface area (Å²) in [6.45, 7) is 2.17. The molecule has 0 spiro atoms. The van der Waals surface area contributed by atoms with Crippen molar-refractivity contribution in [3.63, 3.8) is 0 Å². The number of hydrogen-bond acceptors (Lipinski definition) is 4.